The monoisotopic (exact) mass is 593 g/mol. The Morgan fingerprint density at radius 2 is 1.64 bits per heavy atom. The molecule has 3 aromatic carbocycles. The lowest BCUT2D eigenvalue weighted by Crippen LogP contribution is -2.59. The van der Waals surface area contributed by atoms with E-state index in [1.165, 1.54) is 4.90 Å². The Morgan fingerprint density at radius 1 is 0.977 bits per heavy atom. The molecule has 3 aliphatic heterocycles. The molecule has 0 saturated carbocycles. The van der Waals surface area contributed by atoms with Gasteiger partial charge in [-0.2, -0.15) is 0 Å². The minimum atomic E-state index is -1.19. The van der Waals surface area contributed by atoms with Crippen molar-refractivity contribution < 1.29 is 24.2 Å². The third-order valence-corrected chi connectivity index (χ3v) is 9.60. The number of ether oxygens (including phenoxy) is 1. The Hall–Kier alpha value is -4.27. The van der Waals surface area contributed by atoms with Crippen LogP contribution in [0.1, 0.15) is 26.2 Å². The number of hydrogen-bond acceptors (Lipinski definition) is 5. The number of fused-ring (bicyclic) bond motifs is 2. The van der Waals surface area contributed by atoms with Crippen molar-refractivity contribution in [3.63, 3.8) is 0 Å². The zero-order valence-corrected chi connectivity index (χ0v) is 25.0. The van der Waals surface area contributed by atoms with Crippen LogP contribution in [0.15, 0.2) is 98.1 Å². The molecule has 0 aromatic heterocycles. The van der Waals surface area contributed by atoms with E-state index in [9.17, 15) is 19.5 Å². The summed E-state index contributed by atoms with van der Waals surface area (Å²) in [5.74, 6) is -2.44. The van der Waals surface area contributed by atoms with Gasteiger partial charge in [-0.15, -0.1) is 13.2 Å². The maximum Gasteiger partial charge on any atom is 0.253 e. The van der Waals surface area contributed by atoms with E-state index in [-0.39, 0.29) is 37.4 Å². The summed E-state index contributed by atoms with van der Waals surface area (Å²) < 4.78 is 6.70. The van der Waals surface area contributed by atoms with Crippen molar-refractivity contribution in [3.05, 3.63) is 98.1 Å². The van der Waals surface area contributed by atoms with Gasteiger partial charge < -0.3 is 24.5 Å². The molecule has 2 unspecified atom stereocenters. The van der Waals surface area contributed by atoms with Crippen LogP contribution in [0.2, 0.25) is 0 Å². The molecular weight excluding hydrogens is 554 g/mol. The van der Waals surface area contributed by atoms with E-state index in [1.807, 2.05) is 79.7 Å². The van der Waals surface area contributed by atoms with Crippen molar-refractivity contribution in [1.82, 2.24) is 4.90 Å². The van der Waals surface area contributed by atoms with Gasteiger partial charge in [-0.3, -0.25) is 14.4 Å². The van der Waals surface area contributed by atoms with Crippen LogP contribution in [0.3, 0.4) is 0 Å². The molecule has 6 rings (SSSR count). The van der Waals surface area contributed by atoms with Crippen LogP contribution in [-0.2, 0) is 19.1 Å². The molecule has 1 spiro atoms. The van der Waals surface area contributed by atoms with E-state index < -0.39 is 35.6 Å². The van der Waals surface area contributed by atoms with Crippen LogP contribution in [0.25, 0.3) is 10.8 Å². The number of nitrogens with zero attached hydrogens (tertiary/aromatic N) is 3. The van der Waals surface area contributed by atoms with Crippen LogP contribution in [0.5, 0.6) is 0 Å². The lowest BCUT2D eigenvalue weighted by Gasteiger charge is -2.39. The first-order chi connectivity index (χ1) is 21.4. The van der Waals surface area contributed by atoms with Gasteiger partial charge in [-0.05, 0) is 54.3 Å². The maximum absolute atomic E-state index is 14.8. The van der Waals surface area contributed by atoms with E-state index in [4.69, 9.17) is 4.74 Å². The minimum Gasteiger partial charge on any atom is -0.394 e. The number of hydrogen-bond donors (Lipinski definition) is 1. The van der Waals surface area contributed by atoms with Crippen molar-refractivity contribution in [3.8, 4) is 0 Å². The predicted molar refractivity (Wildman–Crippen MR) is 171 cm³/mol. The normalized spacial score (nSPS) is 26.0. The number of anilines is 2. The molecule has 3 amide bonds. The molecule has 3 aliphatic rings. The fourth-order valence-electron chi connectivity index (χ4n) is 7.64. The molecule has 3 fully saturated rings. The first kappa shape index (κ1) is 29.8. The van der Waals surface area contributed by atoms with Gasteiger partial charge in [0.25, 0.3) is 5.91 Å². The van der Waals surface area contributed by atoms with Gasteiger partial charge in [0, 0.05) is 24.5 Å². The second-order valence-corrected chi connectivity index (χ2v) is 11.9. The number of carbonyl (C=O) groups is 3. The number of likely N-dealkylation sites (tertiary alicyclic amines) is 1. The first-order valence-electron chi connectivity index (χ1n) is 15.4. The molecule has 228 valence electrons. The van der Waals surface area contributed by atoms with Crippen LogP contribution >= 0.6 is 0 Å². The van der Waals surface area contributed by atoms with Gasteiger partial charge >= 0.3 is 0 Å². The first-order valence-corrected chi connectivity index (χ1v) is 15.4. The smallest absolute Gasteiger partial charge is 0.253 e. The van der Waals surface area contributed by atoms with Gasteiger partial charge in [-0.1, -0.05) is 67.6 Å². The third kappa shape index (κ3) is 4.64. The number of carbonyl (C=O) groups excluding carboxylic acids is 3. The molecule has 44 heavy (non-hydrogen) atoms. The van der Waals surface area contributed by atoms with Gasteiger partial charge in [0.1, 0.15) is 11.6 Å². The quantitative estimate of drug-likeness (QED) is 0.325. The van der Waals surface area contributed by atoms with Crippen molar-refractivity contribution in [2.24, 2.45) is 11.8 Å². The predicted octanol–water partition coefficient (Wildman–Crippen LogP) is 4.72. The molecule has 0 radical (unpaired) electrons. The summed E-state index contributed by atoms with van der Waals surface area (Å²) in [4.78, 5) is 48.5. The summed E-state index contributed by atoms with van der Waals surface area (Å²) in [6.07, 6.45) is 4.31. The van der Waals surface area contributed by atoms with Crippen LogP contribution < -0.4 is 9.80 Å². The molecule has 1 N–H and O–H groups in total. The molecule has 8 nitrogen and oxygen atoms in total. The summed E-state index contributed by atoms with van der Waals surface area (Å²) in [5.41, 5.74) is 0.202. The summed E-state index contributed by atoms with van der Waals surface area (Å²) >= 11 is 0. The molecular formula is C36H39N3O5. The van der Waals surface area contributed by atoms with Crippen LogP contribution in [0.4, 0.5) is 11.4 Å². The summed E-state index contributed by atoms with van der Waals surface area (Å²) in [6.45, 7) is 9.84. The second-order valence-electron chi connectivity index (χ2n) is 11.9. The van der Waals surface area contributed by atoms with E-state index in [1.54, 1.807) is 22.0 Å². The molecule has 8 heteroatoms. The number of aliphatic hydroxyl groups is 1. The summed E-state index contributed by atoms with van der Waals surface area (Å²) in [6, 6.07) is 21.5. The largest absolute Gasteiger partial charge is 0.394 e. The average Bonchev–Trinajstić information content (AvgIpc) is 3.70. The average molecular weight is 594 g/mol. The SMILES string of the molecule is C=CCN(C(=O)C1N([C@@H](CC)CO)C(=O)[C@@H]2[C@H](C(=O)N(CC=C)c3ccccc3)[C@@H]3CCC12O3)c1ccc2ccccc2c1. The minimum absolute atomic E-state index is 0.219. The zero-order chi connectivity index (χ0) is 31.0. The Morgan fingerprint density at radius 3 is 2.30 bits per heavy atom. The molecule has 3 saturated heterocycles. The highest BCUT2D eigenvalue weighted by molar-refractivity contribution is 6.07. The topological polar surface area (TPSA) is 90.4 Å². The Kier molecular flexibility index (Phi) is 8.14. The Balaban J connectivity index is 1.43. The highest BCUT2D eigenvalue weighted by atomic mass is 16.5. The van der Waals surface area contributed by atoms with Gasteiger partial charge in [0.05, 0.1) is 30.6 Å². The number of benzene rings is 3. The van der Waals surface area contributed by atoms with E-state index in [0.29, 0.717) is 30.6 Å². The van der Waals surface area contributed by atoms with Gasteiger partial charge in [0.2, 0.25) is 11.8 Å². The van der Waals surface area contributed by atoms with E-state index in [0.717, 1.165) is 10.8 Å². The Bertz CT molecular complexity index is 1590. The maximum atomic E-state index is 14.8. The van der Waals surface area contributed by atoms with Crippen molar-refractivity contribution in [2.45, 2.75) is 50.0 Å². The lowest BCUT2D eigenvalue weighted by atomic mass is 9.70. The van der Waals surface area contributed by atoms with Crippen LogP contribution in [0, 0.1) is 11.8 Å². The second kappa shape index (κ2) is 12.0. The van der Waals surface area contributed by atoms with Gasteiger partial charge in [0.15, 0.2) is 0 Å². The zero-order valence-electron chi connectivity index (χ0n) is 25.0. The lowest BCUT2D eigenvalue weighted by molar-refractivity contribution is -0.144. The fourth-order valence-corrected chi connectivity index (χ4v) is 7.64. The standard InChI is InChI=1S/C36H39N3O5/c1-4-20-37(27-14-8-7-9-15-27)33(41)30-29-18-19-36(44-29)31(30)34(42)39(26(6-3)23-40)32(36)35(43)38(21-5-2)28-17-16-24-12-10-11-13-25(24)22-28/h4-5,7-17,22,26,29-32,40H,1-2,6,18-21,23H2,3H3/t26-,29-,30+,31-,32?,36?/m0/s1. The van der Waals surface area contributed by atoms with E-state index >= 15 is 0 Å². The van der Waals surface area contributed by atoms with Crippen molar-refractivity contribution in [1.29, 1.82) is 0 Å². The number of amides is 3. The number of para-hydroxylation sites is 1. The number of aliphatic hydroxyl groups excluding tert-OH is 1. The molecule has 3 heterocycles. The molecule has 0 aliphatic carbocycles. The van der Waals surface area contributed by atoms with Crippen molar-refractivity contribution in [2.75, 3.05) is 29.5 Å². The summed E-state index contributed by atoms with van der Waals surface area (Å²) in [7, 11) is 0. The molecule has 2 bridgehead atoms. The Labute approximate surface area is 258 Å². The number of rotatable bonds is 11. The molecule has 6 atom stereocenters. The summed E-state index contributed by atoms with van der Waals surface area (Å²) in [5, 5.41) is 12.5. The van der Waals surface area contributed by atoms with Crippen LogP contribution in [-0.4, -0.2) is 71.2 Å². The highest BCUT2D eigenvalue weighted by Crippen LogP contribution is 2.59. The van der Waals surface area contributed by atoms with Crippen molar-refractivity contribution >= 4 is 39.9 Å². The molecule has 3 aromatic rings. The van der Waals surface area contributed by atoms with Gasteiger partial charge in [-0.25, -0.2) is 0 Å². The van der Waals surface area contributed by atoms with E-state index in [2.05, 4.69) is 13.2 Å². The fraction of sp³-hybridized carbons (Fsp3) is 0.361. The third-order valence-electron chi connectivity index (χ3n) is 9.60. The highest BCUT2D eigenvalue weighted by Gasteiger charge is 2.75.